The third-order valence-corrected chi connectivity index (χ3v) is 2.97. The molecule has 1 aromatic rings. The molecule has 0 amide bonds. The maximum Gasteiger partial charge on any atom is 0.0321 e. The largest absolute Gasteiger partial charge is 0.305 e. The monoisotopic (exact) mass is 331 g/mol. The van der Waals surface area contributed by atoms with Gasteiger partial charge in [0.25, 0.3) is 0 Å². The Kier molecular flexibility index (Phi) is 5.58. The van der Waals surface area contributed by atoms with Crippen molar-refractivity contribution in [1.29, 1.82) is 0 Å². The van der Waals surface area contributed by atoms with Crippen LogP contribution in [0.5, 0.6) is 0 Å². The van der Waals surface area contributed by atoms with Gasteiger partial charge in [0, 0.05) is 21.5 Å². The molecule has 82 valence electrons. The average molecular weight is 333 g/mol. The molecule has 0 aliphatic heterocycles. The fourth-order valence-electron chi connectivity index (χ4n) is 1.46. The van der Waals surface area contributed by atoms with E-state index in [4.69, 9.17) is 0 Å². The number of hydrogen-bond donors (Lipinski definition) is 1. The molecule has 0 spiro atoms. The van der Waals surface area contributed by atoms with Crippen molar-refractivity contribution in [3.63, 3.8) is 0 Å². The van der Waals surface area contributed by atoms with Crippen molar-refractivity contribution in [2.45, 2.75) is 19.4 Å². The minimum Gasteiger partial charge on any atom is -0.305 e. The Labute approximate surface area is 108 Å². The number of benzene rings is 1. The molecule has 1 N–H and O–H groups in total. The third-order valence-electron chi connectivity index (χ3n) is 2.20. The van der Waals surface area contributed by atoms with E-state index in [9.17, 15) is 0 Å². The van der Waals surface area contributed by atoms with Crippen molar-refractivity contribution in [1.82, 2.24) is 5.32 Å². The van der Waals surface area contributed by atoms with Crippen molar-refractivity contribution in [3.05, 3.63) is 45.4 Å². The SMILES string of the molecule is C=C(Br)CNC(CC)c1cccc(Br)c1. The first-order valence-corrected chi connectivity index (χ1v) is 6.54. The van der Waals surface area contributed by atoms with Crippen LogP contribution < -0.4 is 5.32 Å². The van der Waals surface area contributed by atoms with Crippen molar-refractivity contribution in [3.8, 4) is 0 Å². The molecule has 0 aliphatic carbocycles. The van der Waals surface area contributed by atoms with Crippen molar-refractivity contribution in [2.24, 2.45) is 0 Å². The first-order chi connectivity index (χ1) is 7.13. The highest BCUT2D eigenvalue weighted by Crippen LogP contribution is 2.20. The van der Waals surface area contributed by atoms with Gasteiger partial charge in [-0.3, -0.25) is 0 Å². The van der Waals surface area contributed by atoms with Gasteiger partial charge in [-0.1, -0.05) is 57.5 Å². The van der Waals surface area contributed by atoms with Gasteiger partial charge in [-0.15, -0.1) is 0 Å². The molecule has 0 saturated heterocycles. The van der Waals surface area contributed by atoms with Crippen molar-refractivity contribution in [2.75, 3.05) is 6.54 Å². The van der Waals surface area contributed by atoms with Gasteiger partial charge in [0.2, 0.25) is 0 Å². The summed E-state index contributed by atoms with van der Waals surface area (Å²) in [6, 6.07) is 8.78. The summed E-state index contributed by atoms with van der Waals surface area (Å²) in [6.45, 7) is 6.79. The minimum absolute atomic E-state index is 0.386. The fourth-order valence-corrected chi connectivity index (χ4v) is 2.03. The van der Waals surface area contributed by atoms with Crippen LogP contribution in [0.1, 0.15) is 24.9 Å². The first kappa shape index (κ1) is 12.9. The number of nitrogens with one attached hydrogen (secondary N) is 1. The number of halogens is 2. The third kappa shape index (κ3) is 4.49. The summed E-state index contributed by atoms with van der Waals surface area (Å²) in [4.78, 5) is 0. The lowest BCUT2D eigenvalue weighted by Crippen LogP contribution is -2.21. The Morgan fingerprint density at radius 3 is 2.80 bits per heavy atom. The van der Waals surface area contributed by atoms with E-state index in [0.717, 1.165) is 21.9 Å². The predicted molar refractivity (Wildman–Crippen MR) is 73.2 cm³/mol. The standard InChI is InChI=1S/C12H15Br2N/c1-3-12(15-8-9(2)13)10-5-4-6-11(14)7-10/h4-7,12,15H,2-3,8H2,1H3. The molecule has 15 heavy (non-hydrogen) atoms. The van der Waals surface area contributed by atoms with Crippen LogP contribution in [-0.4, -0.2) is 6.54 Å². The van der Waals surface area contributed by atoms with E-state index in [-0.39, 0.29) is 0 Å². The van der Waals surface area contributed by atoms with Crippen molar-refractivity contribution >= 4 is 31.9 Å². The van der Waals surface area contributed by atoms with E-state index in [1.807, 2.05) is 6.07 Å². The number of hydrogen-bond acceptors (Lipinski definition) is 1. The Hall–Kier alpha value is -0.120. The van der Waals surface area contributed by atoms with Crippen LogP contribution in [-0.2, 0) is 0 Å². The van der Waals surface area contributed by atoms with Crippen LogP contribution in [0.3, 0.4) is 0 Å². The van der Waals surface area contributed by atoms with E-state index < -0.39 is 0 Å². The van der Waals surface area contributed by atoms with Gasteiger partial charge in [-0.25, -0.2) is 0 Å². The summed E-state index contributed by atoms with van der Waals surface area (Å²) in [5, 5.41) is 3.45. The molecule has 1 unspecified atom stereocenters. The van der Waals surface area contributed by atoms with Crippen LogP contribution in [0.25, 0.3) is 0 Å². The zero-order chi connectivity index (χ0) is 11.3. The molecule has 0 saturated carbocycles. The van der Waals surface area contributed by atoms with Gasteiger partial charge in [-0.2, -0.15) is 0 Å². The molecule has 0 fully saturated rings. The maximum absolute atomic E-state index is 3.82. The lowest BCUT2D eigenvalue weighted by molar-refractivity contribution is 0.550. The lowest BCUT2D eigenvalue weighted by Gasteiger charge is -2.17. The Bertz CT molecular complexity index is 336. The summed E-state index contributed by atoms with van der Waals surface area (Å²) < 4.78 is 2.11. The molecule has 0 bridgehead atoms. The van der Waals surface area contributed by atoms with Crippen LogP contribution in [0.2, 0.25) is 0 Å². The Morgan fingerprint density at radius 1 is 1.53 bits per heavy atom. The zero-order valence-electron chi connectivity index (χ0n) is 8.76. The van der Waals surface area contributed by atoms with Gasteiger partial charge in [0.1, 0.15) is 0 Å². The molecular weight excluding hydrogens is 318 g/mol. The van der Waals surface area contributed by atoms with E-state index in [0.29, 0.717) is 6.04 Å². The van der Waals surface area contributed by atoms with Crippen LogP contribution >= 0.6 is 31.9 Å². The lowest BCUT2D eigenvalue weighted by atomic mass is 10.0. The maximum atomic E-state index is 3.82. The van der Waals surface area contributed by atoms with E-state index >= 15 is 0 Å². The summed E-state index contributed by atoms with van der Waals surface area (Å²) in [5.74, 6) is 0. The summed E-state index contributed by atoms with van der Waals surface area (Å²) in [6.07, 6.45) is 1.07. The number of rotatable bonds is 5. The molecule has 0 aliphatic rings. The molecule has 1 aromatic carbocycles. The molecule has 0 aromatic heterocycles. The fraction of sp³-hybridized carbons (Fsp3) is 0.333. The molecule has 1 nitrogen and oxygen atoms in total. The van der Waals surface area contributed by atoms with E-state index in [1.165, 1.54) is 5.56 Å². The van der Waals surface area contributed by atoms with Gasteiger partial charge in [0.05, 0.1) is 0 Å². The summed E-state index contributed by atoms with van der Waals surface area (Å²) in [5.41, 5.74) is 1.31. The molecular formula is C12H15Br2N. The predicted octanol–water partition coefficient (Wildman–Crippen LogP) is 4.40. The smallest absolute Gasteiger partial charge is 0.0321 e. The molecule has 1 rings (SSSR count). The minimum atomic E-state index is 0.386. The van der Waals surface area contributed by atoms with Gasteiger partial charge < -0.3 is 5.32 Å². The highest BCUT2D eigenvalue weighted by Gasteiger charge is 2.08. The van der Waals surface area contributed by atoms with Crippen LogP contribution in [0.15, 0.2) is 39.8 Å². The van der Waals surface area contributed by atoms with Crippen LogP contribution in [0, 0.1) is 0 Å². The summed E-state index contributed by atoms with van der Waals surface area (Å²) in [7, 11) is 0. The average Bonchev–Trinajstić information content (AvgIpc) is 2.18. The molecule has 0 radical (unpaired) electrons. The molecule has 3 heteroatoms. The Morgan fingerprint density at radius 2 is 2.27 bits per heavy atom. The normalized spacial score (nSPS) is 12.5. The first-order valence-electron chi connectivity index (χ1n) is 4.95. The second kappa shape index (κ2) is 6.46. The second-order valence-corrected chi connectivity index (χ2v) is 5.45. The summed E-state index contributed by atoms with van der Waals surface area (Å²) >= 11 is 6.84. The quantitative estimate of drug-likeness (QED) is 0.842. The van der Waals surface area contributed by atoms with Gasteiger partial charge in [-0.05, 0) is 24.1 Å². The Balaban J connectivity index is 2.69. The van der Waals surface area contributed by atoms with Crippen molar-refractivity contribution < 1.29 is 0 Å². The van der Waals surface area contributed by atoms with E-state index in [2.05, 4.69) is 68.9 Å². The highest BCUT2D eigenvalue weighted by molar-refractivity contribution is 9.11. The second-order valence-electron chi connectivity index (χ2n) is 3.41. The topological polar surface area (TPSA) is 12.0 Å². The molecule has 1 atom stereocenters. The van der Waals surface area contributed by atoms with E-state index in [1.54, 1.807) is 0 Å². The van der Waals surface area contributed by atoms with Crippen LogP contribution in [0.4, 0.5) is 0 Å². The van der Waals surface area contributed by atoms with Gasteiger partial charge >= 0.3 is 0 Å². The van der Waals surface area contributed by atoms with Gasteiger partial charge in [0.15, 0.2) is 0 Å². The zero-order valence-corrected chi connectivity index (χ0v) is 11.9. The highest BCUT2D eigenvalue weighted by atomic mass is 79.9. The molecule has 0 heterocycles.